The van der Waals surface area contributed by atoms with Crippen molar-refractivity contribution in [2.24, 2.45) is 22.9 Å². The van der Waals surface area contributed by atoms with Crippen LogP contribution in [0.1, 0.15) is 75.7 Å². The Morgan fingerprint density at radius 3 is 2.60 bits per heavy atom. The second-order valence-corrected chi connectivity index (χ2v) is 14.4. The molecule has 7 atom stereocenters. The largest absolute Gasteiger partial charge is 0.508 e. The normalized spacial score (nSPS) is 28.3. The number of phenolic OH excluding ortho intramolecular Hbond substituents is 1. The molecule has 2 aliphatic carbocycles. The van der Waals surface area contributed by atoms with Gasteiger partial charge < -0.3 is 48.9 Å². The number of oxime groups is 1. The maximum atomic E-state index is 14.1. The molecule has 0 spiro atoms. The fourth-order valence-corrected chi connectivity index (χ4v) is 8.56. The van der Waals surface area contributed by atoms with E-state index in [2.05, 4.69) is 12.7 Å². The Morgan fingerprint density at radius 1 is 1.08 bits per heavy atom. The zero-order chi connectivity index (χ0) is 37.6. The van der Waals surface area contributed by atoms with Gasteiger partial charge in [-0.2, -0.15) is 0 Å². The monoisotopic (exact) mass is 764 g/mol. The van der Waals surface area contributed by atoms with Gasteiger partial charge in [-0.15, -0.1) is 18.2 Å². The summed E-state index contributed by atoms with van der Waals surface area (Å²) >= 11 is 5.97. The maximum Gasteiger partial charge on any atom is 0.410 e. The molecule has 1 saturated heterocycles. The van der Waals surface area contributed by atoms with Crippen molar-refractivity contribution in [1.29, 1.82) is 0 Å². The van der Waals surface area contributed by atoms with E-state index in [-0.39, 0.29) is 88.6 Å². The molecule has 0 aromatic heterocycles. The number of allylic oxidation sites excluding steroid dienone is 1. The van der Waals surface area contributed by atoms with E-state index in [0.717, 1.165) is 49.7 Å². The average Bonchev–Trinajstić information content (AvgIpc) is 3.17. The van der Waals surface area contributed by atoms with Gasteiger partial charge in [0.25, 0.3) is 0 Å². The first-order valence-corrected chi connectivity index (χ1v) is 19.7. The van der Waals surface area contributed by atoms with E-state index in [1.807, 2.05) is 0 Å². The zero-order valence-electron chi connectivity index (χ0n) is 30.6. The van der Waals surface area contributed by atoms with E-state index in [1.54, 1.807) is 29.2 Å². The number of halogens is 1. The number of amides is 1. The number of rotatable bonds is 21. The highest BCUT2D eigenvalue weighted by molar-refractivity contribution is 6.18. The van der Waals surface area contributed by atoms with Crippen LogP contribution in [-0.2, 0) is 23.8 Å². The van der Waals surface area contributed by atoms with Crippen LogP contribution in [0, 0.1) is 17.8 Å². The highest BCUT2D eigenvalue weighted by atomic mass is 35.5. The van der Waals surface area contributed by atoms with E-state index in [1.165, 1.54) is 0 Å². The van der Waals surface area contributed by atoms with Crippen LogP contribution in [0.5, 0.6) is 11.5 Å². The van der Waals surface area contributed by atoms with Crippen LogP contribution in [-0.4, -0.2) is 121 Å². The lowest BCUT2D eigenvalue weighted by atomic mass is 9.55. The number of aliphatic hydroxyl groups is 3. The molecule has 1 amide bonds. The van der Waals surface area contributed by atoms with Gasteiger partial charge in [-0.05, 0) is 74.1 Å². The lowest BCUT2D eigenvalue weighted by molar-refractivity contribution is -0.256. The standard InChI is InChI=1S/C39H57ClN2O11/c1-2-19-51-39-34(42(15-22-48-23-18-45)38(47)50-21-14-40)26-32(41-53-35-11-5-8-20-49-35)30-24-27(9-3-6-16-43)29(10-4-7-17-44)36(37(30)39)31-25-28(46)12-13-33(31)52-39/h2,12-13,24-25,27,29,34-37,43-46H,1,3-11,14-23,26H2. The number of carbonyl (C=O) groups is 1. The highest BCUT2D eigenvalue weighted by Gasteiger charge is 2.65. The molecule has 0 radical (unpaired) electrons. The fraction of sp³-hybridized carbons (Fsp3) is 0.692. The number of alkyl halides is 1. The summed E-state index contributed by atoms with van der Waals surface area (Å²) in [6.45, 7) is 4.86. The van der Waals surface area contributed by atoms with Crippen molar-refractivity contribution < 1.29 is 53.7 Å². The Balaban J connectivity index is 1.73. The molecule has 5 rings (SSSR count). The van der Waals surface area contributed by atoms with Gasteiger partial charge in [-0.25, -0.2) is 4.79 Å². The Morgan fingerprint density at radius 2 is 1.89 bits per heavy atom. The quantitative estimate of drug-likeness (QED) is 0.0559. The van der Waals surface area contributed by atoms with E-state index >= 15 is 0 Å². The summed E-state index contributed by atoms with van der Waals surface area (Å²) in [7, 11) is 0. The summed E-state index contributed by atoms with van der Waals surface area (Å²) < 4.78 is 31.2. The van der Waals surface area contributed by atoms with Gasteiger partial charge in [0.2, 0.25) is 12.1 Å². The molecule has 53 heavy (non-hydrogen) atoms. The van der Waals surface area contributed by atoms with Gasteiger partial charge in [0, 0.05) is 44.1 Å². The zero-order valence-corrected chi connectivity index (χ0v) is 31.4. The number of aromatic hydroxyl groups is 1. The van der Waals surface area contributed by atoms with Crippen molar-refractivity contribution in [2.75, 3.05) is 65.3 Å². The van der Waals surface area contributed by atoms with Crippen LogP contribution in [0.3, 0.4) is 0 Å². The van der Waals surface area contributed by atoms with E-state index in [4.69, 9.17) is 45.3 Å². The first-order chi connectivity index (χ1) is 25.9. The van der Waals surface area contributed by atoms with E-state index in [0.29, 0.717) is 37.3 Å². The highest BCUT2D eigenvalue weighted by Crippen LogP contribution is 2.61. The van der Waals surface area contributed by atoms with Crippen LogP contribution < -0.4 is 4.74 Å². The molecule has 1 aromatic rings. The van der Waals surface area contributed by atoms with Crippen molar-refractivity contribution in [3.05, 3.63) is 48.1 Å². The molecule has 2 heterocycles. The second-order valence-electron chi connectivity index (χ2n) is 14.0. The number of hydrogen-bond acceptors (Lipinski definition) is 12. The van der Waals surface area contributed by atoms with Gasteiger partial charge in [0.05, 0.1) is 50.5 Å². The average molecular weight is 765 g/mol. The van der Waals surface area contributed by atoms with Crippen LogP contribution in [0.4, 0.5) is 4.79 Å². The molecule has 4 aliphatic rings. The van der Waals surface area contributed by atoms with Gasteiger partial charge in [-0.3, -0.25) is 4.90 Å². The molecule has 2 fully saturated rings. The smallest absolute Gasteiger partial charge is 0.410 e. The predicted octanol–water partition coefficient (Wildman–Crippen LogP) is 5.24. The Bertz CT molecular complexity index is 1390. The van der Waals surface area contributed by atoms with Gasteiger partial charge >= 0.3 is 6.09 Å². The molecular formula is C39H57ClN2O11. The summed E-state index contributed by atoms with van der Waals surface area (Å²) in [5.74, 6) is -1.53. The first-order valence-electron chi connectivity index (χ1n) is 19.1. The van der Waals surface area contributed by atoms with Crippen molar-refractivity contribution in [3.63, 3.8) is 0 Å². The van der Waals surface area contributed by atoms with E-state index < -0.39 is 30.1 Å². The molecule has 4 N–H and O–H groups in total. The molecule has 14 heteroatoms. The molecule has 1 saturated carbocycles. The third kappa shape index (κ3) is 9.86. The summed E-state index contributed by atoms with van der Waals surface area (Å²) in [6, 6.07) is 4.26. The minimum Gasteiger partial charge on any atom is -0.508 e. The number of unbranched alkanes of at least 4 members (excludes halogenated alkanes) is 2. The molecular weight excluding hydrogens is 708 g/mol. The minimum atomic E-state index is -1.49. The van der Waals surface area contributed by atoms with Crippen LogP contribution in [0.15, 0.2) is 47.7 Å². The number of aliphatic hydroxyl groups excluding tert-OH is 3. The Labute approximate surface area is 317 Å². The summed E-state index contributed by atoms with van der Waals surface area (Å²) in [5, 5.41) is 44.6. The number of ether oxygens (including phenoxy) is 5. The summed E-state index contributed by atoms with van der Waals surface area (Å²) in [5.41, 5.74) is 2.31. The minimum absolute atomic E-state index is 0.0114. The summed E-state index contributed by atoms with van der Waals surface area (Å²) in [6.07, 6.45) is 9.95. The first kappa shape index (κ1) is 41.3. The molecule has 7 unspecified atom stereocenters. The predicted molar refractivity (Wildman–Crippen MR) is 198 cm³/mol. The lowest BCUT2D eigenvalue weighted by Crippen LogP contribution is -2.70. The van der Waals surface area contributed by atoms with Crippen molar-refractivity contribution >= 4 is 23.4 Å². The molecule has 296 valence electrons. The number of phenols is 1. The molecule has 13 nitrogen and oxygen atoms in total. The number of hydrogen-bond donors (Lipinski definition) is 4. The van der Waals surface area contributed by atoms with Crippen LogP contribution >= 0.6 is 11.6 Å². The fourth-order valence-electron chi connectivity index (χ4n) is 8.49. The number of benzene rings is 1. The summed E-state index contributed by atoms with van der Waals surface area (Å²) in [4.78, 5) is 21.7. The van der Waals surface area contributed by atoms with Crippen LogP contribution in [0.2, 0.25) is 0 Å². The molecule has 1 aromatic carbocycles. The van der Waals surface area contributed by atoms with E-state index in [9.17, 15) is 25.2 Å². The maximum absolute atomic E-state index is 14.1. The topological polar surface area (TPSA) is 169 Å². The van der Waals surface area contributed by atoms with Gasteiger partial charge in [-0.1, -0.05) is 30.1 Å². The van der Waals surface area contributed by atoms with Gasteiger partial charge in [0.1, 0.15) is 24.1 Å². The third-order valence-corrected chi connectivity index (χ3v) is 10.9. The van der Waals surface area contributed by atoms with Crippen molar-refractivity contribution in [1.82, 2.24) is 4.90 Å². The van der Waals surface area contributed by atoms with Gasteiger partial charge in [0.15, 0.2) is 0 Å². The van der Waals surface area contributed by atoms with Crippen molar-refractivity contribution in [3.8, 4) is 11.5 Å². The molecule has 2 aliphatic heterocycles. The van der Waals surface area contributed by atoms with Crippen LogP contribution in [0.25, 0.3) is 0 Å². The number of fused-ring (bicyclic) bond motifs is 2. The molecule has 0 bridgehead atoms. The third-order valence-electron chi connectivity index (χ3n) is 10.7. The SMILES string of the molecule is C=CCOC12Oc3ccc(O)cc3C3C(CCCCO)C(CCCCO)C=C(C(=NOC4CCCCO4)CC1N(CCOCCO)C(=O)OCCCl)C32. The second kappa shape index (κ2) is 20.7. The Kier molecular flexibility index (Phi) is 16.1. The lowest BCUT2D eigenvalue weighted by Gasteiger charge is -2.59. The number of carbonyl (C=O) groups excluding carboxylic acids is 1. The Hall–Kier alpha value is -2.91. The number of nitrogens with zero attached hydrogens (tertiary/aromatic N) is 2. The van der Waals surface area contributed by atoms with Crippen molar-refractivity contribution in [2.45, 2.75) is 88.2 Å².